The highest BCUT2D eigenvalue weighted by molar-refractivity contribution is 7.89. The molecule has 1 atom stereocenters. The minimum Gasteiger partial charge on any atom is -0.361 e. The van der Waals surface area contributed by atoms with Gasteiger partial charge < -0.3 is 9.88 Å². The van der Waals surface area contributed by atoms with Gasteiger partial charge in [0.1, 0.15) is 0 Å². The molecule has 0 aliphatic carbocycles. The van der Waals surface area contributed by atoms with Crippen LogP contribution in [0, 0.1) is 5.92 Å². The number of nitrogens with one attached hydrogen (secondary N) is 1. The molecule has 1 heterocycles. The number of halogens is 1. The van der Waals surface area contributed by atoms with E-state index in [9.17, 15) is 13.2 Å². The number of carbonyl (C=O) groups excluding carboxylic acids is 1. The third kappa shape index (κ3) is 4.79. The monoisotopic (exact) mass is 461 g/mol. The second kappa shape index (κ2) is 9.02. The molecular weight excluding hydrogens is 434 g/mol. The molecule has 31 heavy (non-hydrogen) atoms. The minimum absolute atomic E-state index is 0.0304. The number of hydrogen-bond donors (Lipinski definition) is 1. The van der Waals surface area contributed by atoms with Gasteiger partial charge in [0.05, 0.1) is 15.5 Å². The van der Waals surface area contributed by atoms with Gasteiger partial charge in [-0.15, -0.1) is 0 Å². The van der Waals surface area contributed by atoms with Crippen LogP contribution in [0.5, 0.6) is 0 Å². The first-order valence-corrected chi connectivity index (χ1v) is 12.0. The smallest absolute Gasteiger partial charge is 0.260 e. The second-order valence-electron chi connectivity index (χ2n) is 8.33. The van der Waals surface area contributed by atoms with E-state index < -0.39 is 10.0 Å². The Kier molecular flexibility index (Phi) is 6.79. The maximum atomic E-state index is 13.7. The molecule has 0 saturated heterocycles. The van der Waals surface area contributed by atoms with Crippen molar-refractivity contribution in [1.82, 2.24) is 9.29 Å². The van der Waals surface area contributed by atoms with E-state index in [1.165, 1.54) is 32.3 Å². The van der Waals surface area contributed by atoms with Gasteiger partial charge in [-0.05, 0) is 61.7 Å². The van der Waals surface area contributed by atoms with Gasteiger partial charge in [0, 0.05) is 42.9 Å². The van der Waals surface area contributed by atoms with Gasteiger partial charge in [0.2, 0.25) is 10.0 Å². The summed E-state index contributed by atoms with van der Waals surface area (Å²) in [5.74, 6) is 0.0426. The summed E-state index contributed by atoms with van der Waals surface area (Å²) in [6, 6.07) is 11.9. The highest BCUT2D eigenvalue weighted by Crippen LogP contribution is 2.30. The zero-order valence-corrected chi connectivity index (χ0v) is 20.0. The Morgan fingerprint density at radius 2 is 1.77 bits per heavy atom. The Morgan fingerprint density at radius 1 is 1.06 bits per heavy atom. The maximum absolute atomic E-state index is 13.7. The fourth-order valence-corrected chi connectivity index (χ4v) is 4.85. The Labute approximate surface area is 188 Å². The Morgan fingerprint density at radius 3 is 2.42 bits per heavy atom. The number of benzene rings is 2. The SMILES string of the molecule is CC(C)CC(C)N(C(=O)c1cc(S(=O)(=O)N(C)C)ccc1Cl)c1ccc2[nH]ccc2c1. The summed E-state index contributed by atoms with van der Waals surface area (Å²) in [6.45, 7) is 6.20. The number of rotatable bonds is 7. The van der Waals surface area contributed by atoms with Crippen LogP contribution in [-0.2, 0) is 10.0 Å². The van der Waals surface area contributed by atoms with Crippen LogP contribution in [0.25, 0.3) is 10.9 Å². The van der Waals surface area contributed by atoms with E-state index in [1.54, 1.807) is 4.90 Å². The molecule has 6 nitrogen and oxygen atoms in total. The molecule has 3 aromatic rings. The number of sulfonamides is 1. The molecular formula is C23H28ClN3O3S. The van der Waals surface area contributed by atoms with E-state index in [1.807, 2.05) is 37.4 Å². The summed E-state index contributed by atoms with van der Waals surface area (Å²) in [4.78, 5) is 18.6. The Bertz CT molecular complexity index is 1200. The molecule has 166 valence electrons. The summed E-state index contributed by atoms with van der Waals surface area (Å²) >= 11 is 6.38. The predicted octanol–water partition coefficient (Wildman–Crippen LogP) is 5.15. The van der Waals surface area contributed by atoms with Gasteiger partial charge in [0.15, 0.2) is 0 Å². The van der Waals surface area contributed by atoms with Crippen LogP contribution in [-0.4, -0.2) is 43.8 Å². The van der Waals surface area contributed by atoms with Crippen molar-refractivity contribution in [3.8, 4) is 0 Å². The van der Waals surface area contributed by atoms with Crippen LogP contribution >= 0.6 is 11.6 Å². The molecule has 1 amide bonds. The van der Waals surface area contributed by atoms with E-state index in [0.717, 1.165) is 27.3 Å². The lowest BCUT2D eigenvalue weighted by atomic mass is 10.0. The molecule has 0 bridgehead atoms. The fourth-order valence-electron chi connectivity index (χ4n) is 3.72. The number of aromatic nitrogens is 1. The van der Waals surface area contributed by atoms with Gasteiger partial charge >= 0.3 is 0 Å². The van der Waals surface area contributed by atoms with E-state index >= 15 is 0 Å². The molecule has 8 heteroatoms. The van der Waals surface area contributed by atoms with Gasteiger partial charge in [0.25, 0.3) is 5.91 Å². The number of hydrogen-bond acceptors (Lipinski definition) is 3. The molecule has 0 aliphatic rings. The first kappa shape index (κ1) is 23.3. The maximum Gasteiger partial charge on any atom is 0.260 e. The number of aromatic amines is 1. The van der Waals surface area contributed by atoms with E-state index in [2.05, 4.69) is 18.8 Å². The third-order valence-electron chi connectivity index (χ3n) is 5.23. The largest absolute Gasteiger partial charge is 0.361 e. The minimum atomic E-state index is -3.70. The summed E-state index contributed by atoms with van der Waals surface area (Å²) < 4.78 is 26.3. The molecule has 2 aromatic carbocycles. The highest BCUT2D eigenvalue weighted by atomic mass is 35.5. The first-order chi connectivity index (χ1) is 14.5. The van der Waals surface area contributed by atoms with Crippen LogP contribution in [0.3, 0.4) is 0 Å². The van der Waals surface area contributed by atoms with Crippen molar-refractivity contribution in [2.24, 2.45) is 5.92 Å². The Balaban J connectivity index is 2.12. The van der Waals surface area contributed by atoms with Crippen molar-refractivity contribution in [2.75, 3.05) is 19.0 Å². The number of carbonyl (C=O) groups is 1. The molecule has 0 aliphatic heterocycles. The van der Waals surface area contributed by atoms with Crippen molar-refractivity contribution in [3.05, 3.63) is 59.2 Å². The van der Waals surface area contributed by atoms with Crippen LogP contribution in [0.2, 0.25) is 5.02 Å². The zero-order valence-electron chi connectivity index (χ0n) is 18.4. The Hall–Kier alpha value is -2.35. The lowest BCUT2D eigenvalue weighted by Crippen LogP contribution is -2.40. The number of H-pyrrole nitrogens is 1. The predicted molar refractivity (Wildman–Crippen MR) is 126 cm³/mol. The topological polar surface area (TPSA) is 73.5 Å². The van der Waals surface area contributed by atoms with Crippen LogP contribution in [0.15, 0.2) is 53.6 Å². The molecule has 0 saturated carbocycles. The van der Waals surface area contributed by atoms with Crippen molar-refractivity contribution in [2.45, 2.75) is 38.1 Å². The van der Waals surface area contributed by atoms with Crippen molar-refractivity contribution < 1.29 is 13.2 Å². The van der Waals surface area contributed by atoms with Crippen LogP contribution < -0.4 is 4.90 Å². The first-order valence-electron chi connectivity index (χ1n) is 10.1. The molecule has 1 unspecified atom stereocenters. The molecule has 1 aromatic heterocycles. The fraction of sp³-hybridized carbons (Fsp3) is 0.348. The average Bonchev–Trinajstić information content (AvgIpc) is 3.15. The number of nitrogens with zero attached hydrogens (tertiary/aromatic N) is 2. The highest BCUT2D eigenvalue weighted by Gasteiger charge is 2.28. The molecule has 0 radical (unpaired) electrons. The van der Waals surface area contributed by atoms with Crippen molar-refractivity contribution in [3.63, 3.8) is 0 Å². The van der Waals surface area contributed by atoms with E-state index in [0.29, 0.717) is 5.92 Å². The van der Waals surface area contributed by atoms with E-state index in [4.69, 9.17) is 11.6 Å². The van der Waals surface area contributed by atoms with Gasteiger partial charge in [-0.2, -0.15) is 0 Å². The van der Waals surface area contributed by atoms with Gasteiger partial charge in [-0.25, -0.2) is 12.7 Å². The summed E-state index contributed by atoms with van der Waals surface area (Å²) in [5.41, 5.74) is 1.88. The van der Waals surface area contributed by atoms with Crippen LogP contribution in [0.1, 0.15) is 37.6 Å². The summed E-state index contributed by atoms with van der Waals surface area (Å²) in [6.07, 6.45) is 2.63. The normalized spacial score (nSPS) is 13.2. The molecule has 0 spiro atoms. The third-order valence-corrected chi connectivity index (χ3v) is 7.37. The standard InChI is InChI=1S/C23H28ClN3O3S/c1-15(2)12-16(3)27(18-6-9-22-17(13-18)10-11-25-22)23(28)20-14-19(7-8-21(20)24)31(29,30)26(4)5/h6-11,13-16,25H,12H2,1-5H3. The summed E-state index contributed by atoms with van der Waals surface area (Å²) in [7, 11) is -0.795. The summed E-state index contributed by atoms with van der Waals surface area (Å²) in [5, 5.41) is 1.20. The molecule has 3 rings (SSSR count). The van der Waals surface area contributed by atoms with E-state index in [-0.39, 0.29) is 27.4 Å². The van der Waals surface area contributed by atoms with Crippen LogP contribution in [0.4, 0.5) is 5.69 Å². The average molecular weight is 462 g/mol. The number of amides is 1. The second-order valence-corrected chi connectivity index (χ2v) is 10.9. The van der Waals surface area contributed by atoms with Crippen molar-refractivity contribution in [1.29, 1.82) is 0 Å². The quantitative estimate of drug-likeness (QED) is 0.528. The lowest BCUT2D eigenvalue weighted by molar-refractivity contribution is 0.0976. The van der Waals surface area contributed by atoms with Crippen molar-refractivity contribution >= 4 is 44.1 Å². The molecule has 0 fully saturated rings. The number of fused-ring (bicyclic) bond motifs is 1. The zero-order chi connectivity index (χ0) is 22.9. The van der Waals surface area contributed by atoms with Gasteiger partial charge in [-0.1, -0.05) is 25.4 Å². The van der Waals surface area contributed by atoms with Gasteiger partial charge in [-0.3, -0.25) is 4.79 Å². The molecule has 1 N–H and O–H groups in total. The number of anilines is 1. The lowest BCUT2D eigenvalue weighted by Gasteiger charge is -2.31.